The molecule has 0 unspecified atom stereocenters. The zero-order chi connectivity index (χ0) is 12.4. The molecule has 2 rings (SSSR count). The van der Waals surface area contributed by atoms with Crippen LogP contribution in [0.3, 0.4) is 0 Å². The fourth-order valence-corrected chi connectivity index (χ4v) is 1.67. The summed E-state index contributed by atoms with van der Waals surface area (Å²) in [5, 5.41) is 2.67. The minimum absolute atomic E-state index is 0.0308. The highest BCUT2D eigenvalue weighted by Crippen LogP contribution is 2.16. The Morgan fingerprint density at radius 3 is 2.76 bits per heavy atom. The maximum Gasteiger partial charge on any atom is 0.260 e. The number of hydrogen-bond acceptors (Lipinski definition) is 4. The van der Waals surface area contributed by atoms with Crippen LogP contribution in [0.2, 0.25) is 10.4 Å². The second-order valence-corrected chi connectivity index (χ2v) is 3.91. The molecular weight excluding hydrogens is 265 g/mol. The van der Waals surface area contributed by atoms with Gasteiger partial charge in [-0.1, -0.05) is 11.6 Å². The van der Waals surface area contributed by atoms with Crippen LogP contribution in [0.4, 0.5) is 5.82 Å². The molecule has 2 heterocycles. The molecule has 88 valence electrons. The van der Waals surface area contributed by atoms with E-state index in [1.54, 1.807) is 13.0 Å². The van der Waals surface area contributed by atoms with Gasteiger partial charge in [0.15, 0.2) is 0 Å². The van der Waals surface area contributed by atoms with Crippen molar-refractivity contribution in [3.63, 3.8) is 0 Å². The van der Waals surface area contributed by atoms with E-state index in [2.05, 4.69) is 15.3 Å². The molecular formula is C10H7Cl2N3O2. The van der Waals surface area contributed by atoms with Crippen LogP contribution in [0.15, 0.2) is 22.8 Å². The average Bonchev–Trinajstić information content (AvgIpc) is 2.62. The van der Waals surface area contributed by atoms with Crippen LogP contribution in [0.1, 0.15) is 16.1 Å². The first kappa shape index (κ1) is 11.9. The number of anilines is 1. The van der Waals surface area contributed by atoms with E-state index >= 15 is 0 Å². The lowest BCUT2D eigenvalue weighted by atomic mass is 10.2. The van der Waals surface area contributed by atoms with Gasteiger partial charge in [0.2, 0.25) is 5.28 Å². The fourth-order valence-electron chi connectivity index (χ4n) is 1.26. The Morgan fingerprint density at radius 2 is 2.18 bits per heavy atom. The van der Waals surface area contributed by atoms with Crippen LogP contribution in [0.5, 0.6) is 0 Å². The second kappa shape index (κ2) is 4.73. The molecule has 0 bridgehead atoms. The molecule has 0 saturated carbocycles. The fraction of sp³-hybridized carbons (Fsp3) is 0.100. The van der Waals surface area contributed by atoms with Crippen LogP contribution >= 0.6 is 23.2 Å². The van der Waals surface area contributed by atoms with Gasteiger partial charge in [0, 0.05) is 6.07 Å². The molecule has 0 aliphatic carbocycles. The first-order valence-electron chi connectivity index (χ1n) is 4.62. The van der Waals surface area contributed by atoms with Gasteiger partial charge in [-0.15, -0.1) is 0 Å². The maximum absolute atomic E-state index is 11.8. The number of nitrogens with one attached hydrogen (secondary N) is 1. The highest BCUT2D eigenvalue weighted by atomic mass is 35.5. The molecule has 0 aliphatic rings. The number of furan rings is 1. The van der Waals surface area contributed by atoms with Crippen molar-refractivity contribution in [3.05, 3.63) is 40.2 Å². The van der Waals surface area contributed by atoms with Gasteiger partial charge < -0.3 is 9.73 Å². The third-order valence-electron chi connectivity index (χ3n) is 2.01. The Morgan fingerprint density at radius 1 is 1.41 bits per heavy atom. The molecule has 0 atom stereocenters. The summed E-state index contributed by atoms with van der Waals surface area (Å²) >= 11 is 11.3. The van der Waals surface area contributed by atoms with Crippen molar-refractivity contribution in [1.82, 2.24) is 9.97 Å². The summed E-state index contributed by atoms with van der Waals surface area (Å²) in [4.78, 5) is 19.3. The Balaban J connectivity index is 2.21. The van der Waals surface area contributed by atoms with Gasteiger partial charge in [0.1, 0.15) is 16.7 Å². The smallest absolute Gasteiger partial charge is 0.260 e. The third-order valence-corrected chi connectivity index (χ3v) is 2.38. The van der Waals surface area contributed by atoms with Crippen LogP contribution in [0.25, 0.3) is 0 Å². The molecule has 0 fully saturated rings. The van der Waals surface area contributed by atoms with Crippen molar-refractivity contribution in [2.24, 2.45) is 0 Å². The van der Waals surface area contributed by atoms with E-state index < -0.39 is 0 Å². The van der Waals surface area contributed by atoms with E-state index in [1.165, 1.54) is 12.3 Å². The van der Waals surface area contributed by atoms with Gasteiger partial charge in [0.25, 0.3) is 5.91 Å². The molecule has 17 heavy (non-hydrogen) atoms. The van der Waals surface area contributed by atoms with E-state index in [4.69, 9.17) is 27.6 Å². The molecule has 0 saturated heterocycles. The van der Waals surface area contributed by atoms with Gasteiger partial charge >= 0.3 is 0 Å². The third kappa shape index (κ3) is 2.75. The molecule has 2 aromatic rings. The topological polar surface area (TPSA) is 68.0 Å². The molecule has 0 aliphatic heterocycles. The van der Waals surface area contributed by atoms with Gasteiger partial charge in [-0.25, -0.2) is 9.97 Å². The average molecular weight is 272 g/mol. The summed E-state index contributed by atoms with van der Waals surface area (Å²) in [6, 6.07) is 2.97. The summed E-state index contributed by atoms with van der Waals surface area (Å²) in [7, 11) is 0. The summed E-state index contributed by atoms with van der Waals surface area (Å²) in [5.74, 6) is 0.413. The predicted molar refractivity (Wildman–Crippen MR) is 63.5 cm³/mol. The number of carbonyl (C=O) groups is 1. The SMILES string of the molecule is Cc1occc1C(=O)Nc1cc(Cl)nc(Cl)n1. The number of carbonyl (C=O) groups excluding carboxylic acids is 1. The minimum atomic E-state index is -0.345. The molecule has 7 heteroatoms. The Hall–Kier alpha value is -1.59. The Bertz CT molecular complexity index is 548. The Labute approximate surface area is 107 Å². The van der Waals surface area contributed by atoms with E-state index in [0.717, 1.165) is 0 Å². The first-order valence-corrected chi connectivity index (χ1v) is 5.37. The van der Waals surface area contributed by atoms with Crippen LogP contribution in [-0.4, -0.2) is 15.9 Å². The van der Waals surface area contributed by atoms with E-state index in [-0.39, 0.29) is 22.2 Å². The van der Waals surface area contributed by atoms with Crippen molar-refractivity contribution in [2.45, 2.75) is 6.92 Å². The lowest BCUT2D eigenvalue weighted by Crippen LogP contribution is -2.13. The summed E-state index contributed by atoms with van der Waals surface area (Å²) in [6.45, 7) is 1.69. The number of halogens is 2. The van der Waals surface area contributed by atoms with E-state index in [0.29, 0.717) is 11.3 Å². The molecule has 2 aromatic heterocycles. The zero-order valence-corrected chi connectivity index (χ0v) is 10.2. The molecule has 0 spiro atoms. The number of hydrogen-bond donors (Lipinski definition) is 1. The lowest BCUT2D eigenvalue weighted by Gasteiger charge is -2.03. The minimum Gasteiger partial charge on any atom is -0.469 e. The summed E-state index contributed by atoms with van der Waals surface area (Å²) in [5.41, 5.74) is 0.427. The van der Waals surface area contributed by atoms with Crippen LogP contribution in [0, 0.1) is 6.92 Å². The van der Waals surface area contributed by atoms with Crippen LogP contribution < -0.4 is 5.32 Å². The monoisotopic (exact) mass is 271 g/mol. The largest absolute Gasteiger partial charge is 0.469 e. The van der Waals surface area contributed by atoms with E-state index in [9.17, 15) is 4.79 Å². The first-order chi connectivity index (χ1) is 8.06. The van der Waals surface area contributed by atoms with Crippen molar-refractivity contribution in [2.75, 3.05) is 5.32 Å². The summed E-state index contributed by atoms with van der Waals surface area (Å²) < 4.78 is 5.03. The molecule has 0 radical (unpaired) electrons. The quantitative estimate of drug-likeness (QED) is 0.674. The number of amides is 1. The van der Waals surface area contributed by atoms with E-state index in [1.807, 2.05) is 0 Å². The number of rotatable bonds is 2. The zero-order valence-electron chi connectivity index (χ0n) is 8.70. The van der Waals surface area contributed by atoms with Gasteiger partial charge in [-0.2, -0.15) is 0 Å². The second-order valence-electron chi connectivity index (χ2n) is 3.19. The lowest BCUT2D eigenvalue weighted by molar-refractivity contribution is 0.102. The predicted octanol–water partition coefficient (Wildman–Crippen LogP) is 2.94. The maximum atomic E-state index is 11.8. The molecule has 1 N–H and O–H groups in total. The van der Waals surface area contributed by atoms with Gasteiger partial charge in [-0.3, -0.25) is 4.79 Å². The van der Waals surface area contributed by atoms with Crippen molar-refractivity contribution in [1.29, 1.82) is 0 Å². The number of aryl methyl sites for hydroxylation is 1. The highest BCUT2D eigenvalue weighted by molar-refractivity contribution is 6.32. The van der Waals surface area contributed by atoms with Crippen molar-refractivity contribution >= 4 is 34.9 Å². The molecule has 0 aromatic carbocycles. The summed E-state index contributed by atoms with van der Waals surface area (Å²) in [6.07, 6.45) is 1.43. The van der Waals surface area contributed by atoms with Crippen LogP contribution in [-0.2, 0) is 0 Å². The highest BCUT2D eigenvalue weighted by Gasteiger charge is 2.12. The van der Waals surface area contributed by atoms with Crippen molar-refractivity contribution in [3.8, 4) is 0 Å². The van der Waals surface area contributed by atoms with Crippen molar-refractivity contribution < 1.29 is 9.21 Å². The number of aromatic nitrogens is 2. The van der Waals surface area contributed by atoms with Gasteiger partial charge in [0.05, 0.1) is 11.8 Å². The Kier molecular flexibility index (Phi) is 3.31. The van der Waals surface area contributed by atoms with Gasteiger partial charge in [-0.05, 0) is 24.6 Å². The number of nitrogens with zero attached hydrogens (tertiary/aromatic N) is 2. The standard InChI is InChI=1S/C10H7Cl2N3O2/c1-5-6(2-3-17-5)9(16)14-8-4-7(11)13-10(12)15-8/h2-4H,1H3,(H,13,14,15,16). The molecule has 5 nitrogen and oxygen atoms in total. The molecule has 1 amide bonds. The normalized spacial score (nSPS) is 10.3.